The van der Waals surface area contributed by atoms with Crippen molar-refractivity contribution in [2.24, 2.45) is 5.73 Å². The number of hydrogen-bond acceptors (Lipinski definition) is 5. The van der Waals surface area contributed by atoms with Crippen molar-refractivity contribution in [3.63, 3.8) is 0 Å². The number of nitrogens with zero attached hydrogens (tertiary/aromatic N) is 2. The highest BCUT2D eigenvalue weighted by Crippen LogP contribution is 2.06. The molecule has 1 atom stereocenters. The summed E-state index contributed by atoms with van der Waals surface area (Å²) in [6.45, 7) is 5.68. The van der Waals surface area contributed by atoms with Crippen LogP contribution in [0, 0.1) is 0 Å². The van der Waals surface area contributed by atoms with Crippen molar-refractivity contribution in [3.05, 3.63) is 0 Å². The summed E-state index contributed by atoms with van der Waals surface area (Å²) in [5, 5.41) is 10.9. The van der Waals surface area contributed by atoms with E-state index in [9.17, 15) is 9.59 Å². The Morgan fingerprint density at radius 2 is 1.94 bits per heavy atom. The first-order valence-corrected chi connectivity index (χ1v) is 5.72. The van der Waals surface area contributed by atoms with Gasteiger partial charge >= 0.3 is 6.03 Å². The summed E-state index contributed by atoms with van der Waals surface area (Å²) in [4.78, 5) is 26.2. The van der Waals surface area contributed by atoms with Crippen molar-refractivity contribution in [2.45, 2.75) is 13.0 Å². The Labute approximate surface area is 101 Å². The highest BCUT2D eigenvalue weighted by molar-refractivity contribution is 5.96. The summed E-state index contributed by atoms with van der Waals surface area (Å²) in [6, 6.07) is -1.18. The lowest BCUT2D eigenvalue weighted by Crippen LogP contribution is -2.55. The summed E-state index contributed by atoms with van der Waals surface area (Å²) in [5.74, 6) is -0.367. The first-order valence-electron chi connectivity index (χ1n) is 5.72. The standard InChI is InChI=1S/C10H20N4O3/c1-8(9(16)12-10(11)17)14-4-2-13(3-5-14)6-7-15/h8,15H,2-7H2,1H3,(H3,11,12,16,17). The number of aliphatic hydroxyl groups excluding tert-OH is 1. The highest BCUT2D eigenvalue weighted by atomic mass is 16.3. The Morgan fingerprint density at radius 3 is 2.41 bits per heavy atom. The molecule has 0 aromatic heterocycles. The fraction of sp³-hybridized carbons (Fsp3) is 0.800. The van der Waals surface area contributed by atoms with Crippen LogP contribution in [0.1, 0.15) is 6.92 Å². The van der Waals surface area contributed by atoms with Crippen LogP contribution in [0.2, 0.25) is 0 Å². The topological polar surface area (TPSA) is 98.9 Å². The quantitative estimate of drug-likeness (QED) is 0.541. The largest absolute Gasteiger partial charge is 0.395 e. The summed E-state index contributed by atoms with van der Waals surface area (Å²) < 4.78 is 0. The molecule has 4 N–H and O–H groups in total. The van der Waals surface area contributed by atoms with Crippen LogP contribution < -0.4 is 11.1 Å². The average Bonchev–Trinajstić information content (AvgIpc) is 2.28. The zero-order chi connectivity index (χ0) is 12.8. The molecule has 0 spiro atoms. The van der Waals surface area contributed by atoms with Gasteiger partial charge in [-0.05, 0) is 6.92 Å². The number of piperazine rings is 1. The SMILES string of the molecule is CC(C(=O)NC(N)=O)N1CCN(CCO)CC1. The molecule has 0 aromatic rings. The number of carbonyl (C=O) groups is 2. The van der Waals surface area contributed by atoms with Gasteiger partial charge in [-0.15, -0.1) is 0 Å². The van der Waals surface area contributed by atoms with Crippen LogP contribution >= 0.6 is 0 Å². The van der Waals surface area contributed by atoms with Crippen molar-refractivity contribution in [2.75, 3.05) is 39.3 Å². The minimum absolute atomic E-state index is 0.151. The van der Waals surface area contributed by atoms with Crippen LogP contribution in [-0.4, -0.2) is 72.2 Å². The molecular formula is C10H20N4O3. The Morgan fingerprint density at radius 1 is 1.35 bits per heavy atom. The maximum absolute atomic E-state index is 11.6. The monoisotopic (exact) mass is 244 g/mol. The predicted octanol–water partition coefficient (Wildman–Crippen LogP) is -1.82. The van der Waals surface area contributed by atoms with E-state index in [0.717, 1.165) is 26.2 Å². The molecule has 7 heteroatoms. The maximum atomic E-state index is 11.6. The molecule has 1 rings (SSSR count). The molecule has 7 nitrogen and oxygen atoms in total. The van der Waals surface area contributed by atoms with Gasteiger partial charge in [0.15, 0.2) is 0 Å². The van der Waals surface area contributed by atoms with Gasteiger partial charge in [0.05, 0.1) is 12.6 Å². The van der Waals surface area contributed by atoms with Gasteiger partial charge < -0.3 is 10.8 Å². The number of rotatable bonds is 4. The maximum Gasteiger partial charge on any atom is 0.318 e. The van der Waals surface area contributed by atoms with Gasteiger partial charge in [-0.2, -0.15) is 0 Å². The molecule has 0 saturated carbocycles. The zero-order valence-electron chi connectivity index (χ0n) is 10.1. The van der Waals surface area contributed by atoms with Gasteiger partial charge in [-0.25, -0.2) is 4.79 Å². The molecule has 0 bridgehead atoms. The third-order valence-corrected chi connectivity index (χ3v) is 3.00. The molecule has 1 saturated heterocycles. The van der Waals surface area contributed by atoms with Crippen molar-refractivity contribution in [1.29, 1.82) is 0 Å². The average molecular weight is 244 g/mol. The molecule has 1 unspecified atom stereocenters. The second-order valence-corrected chi connectivity index (χ2v) is 4.13. The highest BCUT2D eigenvalue weighted by Gasteiger charge is 2.25. The number of primary amides is 1. The van der Waals surface area contributed by atoms with Gasteiger partial charge in [0, 0.05) is 32.7 Å². The van der Waals surface area contributed by atoms with Gasteiger partial charge in [0.2, 0.25) is 5.91 Å². The van der Waals surface area contributed by atoms with Crippen LogP contribution in [0.4, 0.5) is 4.79 Å². The Bertz CT molecular complexity index is 277. The van der Waals surface area contributed by atoms with Crippen LogP contribution in [0.25, 0.3) is 0 Å². The number of imide groups is 1. The number of carbonyl (C=O) groups excluding carboxylic acids is 2. The lowest BCUT2D eigenvalue weighted by Gasteiger charge is -2.36. The van der Waals surface area contributed by atoms with E-state index in [-0.39, 0.29) is 18.6 Å². The van der Waals surface area contributed by atoms with Crippen molar-refractivity contribution >= 4 is 11.9 Å². The molecule has 0 aromatic carbocycles. The van der Waals surface area contributed by atoms with E-state index in [1.807, 2.05) is 4.90 Å². The summed E-state index contributed by atoms with van der Waals surface area (Å²) in [5.41, 5.74) is 4.90. The van der Waals surface area contributed by atoms with E-state index >= 15 is 0 Å². The van der Waals surface area contributed by atoms with Crippen LogP contribution in [-0.2, 0) is 4.79 Å². The van der Waals surface area contributed by atoms with Gasteiger partial charge in [0.1, 0.15) is 0 Å². The fourth-order valence-electron chi connectivity index (χ4n) is 1.91. The van der Waals surface area contributed by atoms with E-state index in [1.165, 1.54) is 0 Å². The normalized spacial score (nSPS) is 19.9. The number of nitrogens with one attached hydrogen (secondary N) is 1. The number of β-amino-alcohol motifs (C(OH)–C–C–N with tert-alkyl or cyclic N) is 1. The molecular weight excluding hydrogens is 224 g/mol. The van der Waals surface area contributed by atoms with Gasteiger partial charge in [-0.1, -0.05) is 0 Å². The molecule has 0 radical (unpaired) electrons. The minimum Gasteiger partial charge on any atom is -0.395 e. The Hall–Kier alpha value is -1.18. The summed E-state index contributed by atoms with van der Waals surface area (Å²) in [6.07, 6.45) is 0. The molecule has 1 aliphatic rings. The summed E-state index contributed by atoms with van der Waals surface area (Å²) >= 11 is 0. The van der Waals surface area contributed by atoms with Crippen LogP contribution in [0.5, 0.6) is 0 Å². The molecule has 1 fully saturated rings. The van der Waals surface area contributed by atoms with E-state index in [2.05, 4.69) is 10.2 Å². The second kappa shape index (κ2) is 6.53. The van der Waals surface area contributed by atoms with Crippen molar-refractivity contribution in [3.8, 4) is 0 Å². The first-order chi connectivity index (χ1) is 8.04. The van der Waals surface area contributed by atoms with E-state index < -0.39 is 6.03 Å². The number of nitrogens with two attached hydrogens (primary N) is 1. The Kier molecular flexibility index (Phi) is 5.33. The van der Waals surface area contributed by atoms with Crippen LogP contribution in [0.15, 0.2) is 0 Å². The molecule has 1 heterocycles. The molecule has 3 amide bonds. The molecule has 0 aliphatic carbocycles. The third kappa shape index (κ3) is 4.29. The zero-order valence-corrected chi connectivity index (χ0v) is 10.1. The van der Waals surface area contributed by atoms with Gasteiger partial charge in [0.25, 0.3) is 0 Å². The van der Waals surface area contributed by atoms with Crippen molar-refractivity contribution < 1.29 is 14.7 Å². The fourth-order valence-corrected chi connectivity index (χ4v) is 1.91. The third-order valence-electron chi connectivity index (χ3n) is 3.00. The number of urea groups is 1. The van der Waals surface area contributed by atoms with Gasteiger partial charge in [-0.3, -0.25) is 19.9 Å². The lowest BCUT2D eigenvalue weighted by atomic mass is 10.2. The lowest BCUT2D eigenvalue weighted by molar-refractivity contribution is -0.125. The van der Waals surface area contributed by atoms with E-state index in [4.69, 9.17) is 10.8 Å². The second-order valence-electron chi connectivity index (χ2n) is 4.13. The number of amides is 3. The van der Waals surface area contributed by atoms with Crippen LogP contribution in [0.3, 0.4) is 0 Å². The smallest absolute Gasteiger partial charge is 0.318 e. The summed E-state index contributed by atoms with van der Waals surface area (Å²) in [7, 11) is 0. The first kappa shape index (κ1) is 13.9. The Balaban J connectivity index is 2.37. The minimum atomic E-state index is -0.819. The predicted molar refractivity (Wildman–Crippen MR) is 62.3 cm³/mol. The van der Waals surface area contributed by atoms with Crippen molar-refractivity contribution in [1.82, 2.24) is 15.1 Å². The number of hydrogen-bond donors (Lipinski definition) is 3. The number of aliphatic hydroxyl groups is 1. The molecule has 17 heavy (non-hydrogen) atoms. The molecule has 1 aliphatic heterocycles. The van der Waals surface area contributed by atoms with E-state index in [0.29, 0.717) is 6.54 Å². The molecule has 98 valence electrons. The van der Waals surface area contributed by atoms with E-state index in [1.54, 1.807) is 6.92 Å².